The second-order valence-corrected chi connectivity index (χ2v) is 7.47. The molecule has 0 amide bonds. The smallest absolute Gasteiger partial charge is 0.245 e. The van der Waals surface area contributed by atoms with E-state index in [1.165, 1.54) is 19.2 Å². The highest BCUT2D eigenvalue weighted by molar-refractivity contribution is 7.89. The van der Waals surface area contributed by atoms with Gasteiger partial charge in [0, 0.05) is 13.7 Å². The van der Waals surface area contributed by atoms with Gasteiger partial charge in [-0.1, -0.05) is 17.7 Å². The van der Waals surface area contributed by atoms with Crippen LogP contribution in [-0.4, -0.2) is 30.3 Å². The predicted molar refractivity (Wildman–Crippen MR) is 84.4 cm³/mol. The molecule has 1 N–H and O–H groups in total. The Morgan fingerprint density at radius 1 is 1.50 bits per heavy atom. The molecule has 3 rings (SSSR count). The van der Waals surface area contributed by atoms with Crippen LogP contribution in [0.2, 0.25) is 5.02 Å². The lowest BCUT2D eigenvalue weighted by Gasteiger charge is -2.23. The molecule has 0 saturated carbocycles. The summed E-state index contributed by atoms with van der Waals surface area (Å²) in [6.07, 6.45) is 1.26. The number of fused-ring (bicyclic) bond motifs is 1. The molecule has 0 fully saturated rings. The summed E-state index contributed by atoms with van der Waals surface area (Å²) in [5.74, 6) is 0.0687. The summed E-state index contributed by atoms with van der Waals surface area (Å²) in [7, 11) is -2.61. The number of hydrogen-bond donors (Lipinski definition) is 1. The molecule has 1 aromatic carbocycles. The van der Waals surface area contributed by atoms with E-state index in [0.29, 0.717) is 24.6 Å². The molecule has 1 aliphatic heterocycles. The van der Waals surface area contributed by atoms with E-state index in [0.717, 1.165) is 12.5 Å². The van der Waals surface area contributed by atoms with Crippen molar-refractivity contribution >= 4 is 21.6 Å². The molecule has 0 radical (unpaired) electrons. The average molecular weight is 375 g/mol. The fourth-order valence-electron chi connectivity index (χ4n) is 2.69. The minimum absolute atomic E-state index is 0.167. The maximum absolute atomic E-state index is 13.9. The van der Waals surface area contributed by atoms with E-state index in [-0.39, 0.29) is 11.6 Å². The Hall–Kier alpha value is -1.55. The molecule has 1 atom stereocenters. The largest absolute Gasteiger partial charge is 0.377 e. The van der Waals surface area contributed by atoms with E-state index < -0.39 is 26.8 Å². The molecule has 7 nitrogen and oxygen atoms in total. The molecule has 130 valence electrons. The zero-order chi connectivity index (χ0) is 17.3. The van der Waals surface area contributed by atoms with Crippen LogP contribution in [0.1, 0.15) is 30.5 Å². The SMILES string of the molecule is COCc1nc2n(n1)CCCC2NS(=O)(=O)c1c(F)cccc1Cl. The van der Waals surface area contributed by atoms with Crippen molar-refractivity contribution < 1.29 is 17.5 Å². The summed E-state index contributed by atoms with van der Waals surface area (Å²) in [5, 5.41) is 4.11. The summed E-state index contributed by atoms with van der Waals surface area (Å²) in [6.45, 7) is 0.878. The van der Waals surface area contributed by atoms with E-state index in [9.17, 15) is 12.8 Å². The van der Waals surface area contributed by atoms with Gasteiger partial charge in [-0.3, -0.25) is 0 Å². The van der Waals surface area contributed by atoms with Crippen LogP contribution in [0.4, 0.5) is 4.39 Å². The monoisotopic (exact) mass is 374 g/mol. The molecule has 1 aliphatic rings. The van der Waals surface area contributed by atoms with Gasteiger partial charge in [-0.25, -0.2) is 27.2 Å². The summed E-state index contributed by atoms with van der Waals surface area (Å²) in [6, 6.07) is 3.14. The molecule has 0 bridgehead atoms. The van der Waals surface area contributed by atoms with Crippen molar-refractivity contribution in [2.45, 2.75) is 36.9 Å². The maximum atomic E-state index is 13.9. The first-order chi connectivity index (χ1) is 11.4. The van der Waals surface area contributed by atoms with Crippen molar-refractivity contribution in [2.24, 2.45) is 0 Å². The third-order valence-electron chi connectivity index (χ3n) is 3.68. The number of halogens is 2. The fourth-order valence-corrected chi connectivity index (χ4v) is 4.52. The van der Waals surface area contributed by atoms with Crippen molar-refractivity contribution in [3.8, 4) is 0 Å². The Balaban J connectivity index is 1.92. The molecule has 1 aromatic heterocycles. The van der Waals surface area contributed by atoms with Gasteiger partial charge in [-0.2, -0.15) is 5.10 Å². The Kier molecular flexibility index (Phi) is 4.86. The lowest BCUT2D eigenvalue weighted by molar-refractivity contribution is 0.177. The highest BCUT2D eigenvalue weighted by atomic mass is 35.5. The Labute approximate surface area is 143 Å². The quantitative estimate of drug-likeness (QED) is 0.865. The predicted octanol–water partition coefficient (Wildman–Crippen LogP) is 2.03. The summed E-state index contributed by atoms with van der Waals surface area (Å²) in [4.78, 5) is 3.76. The van der Waals surface area contributed by atoms with Crippen molar-refractivity contribution in [2.75, 3.05) is 7.11 Å². The second-order valence-electron chi connectivity index (χ2n) is 5.41. The van der Waals surface area contributed by atoms with Gasteiger partial charge in [0.1, 0.15) is 23.1 Å². The summed E-state index contributed by atoms with van der Waals surface area (Å²) >= 11 is 5.87. The van der Waals surface area contributed by atoms with E-state index in [1.807, 2.05) is 0 Å². The number of rotatable bonds is 5. The average Bonchev–Trinajstić information content (AvgIpc) is 2.90. The van der Waals surface area contributed by atoms with Gasteiger partial charge in [-0.05, 0) is 25.0 Å². The second kappa shape index (κ2) is 6.75. The van der Waals surface area contributed by atoms with Crippen molar-refractivity contribution in [1.29, 1.82) is 0 Å². The number of nitrogens with one attached hydrogen (secondary N) is 1. The normalized spacial score (nSPS) is 17.7. The summed E-state index contributed by atoms with van der Waals surface area (Å²) < 4.78 is 48.2. The van der Waals surface area contributed by atoms with E-state index in [1.54, 1.807) is 4.68 Å². The zero-order valence-electron chi connectivity index (χ0n) is 12.9. The molecular formula is C14H16ClFN4O3S. The molecule has 0 aliphatic carbocycles. The third-order valence-corrected chi connectivity index (χ3v) is 5.65. The van der Waals surface area contributed by atoms with Crippen molar-refractivity contribution in [3.05, 3.63) is 40.7 Å². The number of aromatic nitrogens is 3. The minimum atomic E-state index is -4.14. The van der Waals surface area contributed by atoms with Gasteiger partial charge in [0.05, 0.1) is 11.1 Å². The van der Waals surface area contributed by atoms with E-state index in [4.69, 9.17) is 16.3 Å². The van der Waals surface area contributed by atoms with Crippen LogP contribution in [-0.2, 0) is 27.9 Å². The highest BCUT2D eigenvalue weighted by Crippen LogP contribution is 2.29. The number of sulfonamides is 1. The Morgan fingerprint density at radius 2 is 2.29 bits per heavy atom. The van der Waals surface area contributed by atoms with Crippen LogP contribution in [0.15, 0.2) is 23.1 Å². The number of aryl methyl sites for hydroxylation is 1. The number of hydrogen-bond acceptors (Lipinski definition) is 5. The molecule has 2 heterocycles. The Bertz CT molecular complexity index is 835. The fraction of sp³-hybridized carbons (Fsp3) is 0.429. The van der Waals surface area contributed by atoms with Gasteiger partial charge in [0.2, 0.25) is 10.0 Å². The molecule has 0 saturated heterocycles. The van der Waals surface area contributed by atoms with Gasteiger partial charge >= 0.3 is 0 Å². The number of ether oxygens (including phenoxy) is 1. The molecule has 1 unspecified atom stereocenters. The first-order valence-corrected chi connectivity index (χ1v) is 9.17. The van der Waals surface area contributed by atoms with Crippen LogP contribution in [0, 0.1) is 5.82 Å². The van der Waals surface area contributed by atoms with E-state index in [2.05, 4.69) is 14.8 Å². The Morgan fingerprint density at radius 3 is 3.00 bits per heavy atom. The van der Waals surface area contributed by atoms with Gasteiger partial charge in [-0.15, -0.1) is 0 Å². The number of benzene rings is 1. The topological polar surface area (TPSA) is 86.1 Å². The molecule has 10 heteroatoms. The lowest BCUT2D eigenvalue weighted by Crippen LogP contribution is -2.33. The third kappa shape index (κ3) is 3.30. The van der Waals surface area contributed by atoms with Gasteiger partial charge in [0.25, 0.3) is 0 Å². The van der Waals surface area contributed by atoms with Crippen LogP contribution < -0.4 is 4.72 Å². The molecule has 2 aromatic rings. The first kappa shape index (κ1) is 17.3. The number of nitrogens with zero attached hydrogens (tertiary/aromatic N) is 3. The van der Waals surface area contributed by atoms with Crippen molar-refractivity contribution in [1.82, 2.24) is 19.5 Å². The number of methoxy groups -OCH3 is 1. The molecule has 24 heavy (non-hydrogen) atoms. The lowest BCUT2D eigenvalue weighted by atomic mass is 10.1. The standard InChI is InChI=1S/C14H16ClFN4O3S/c1-23-8-12-17-14-11(6-3-7-20(14)18-12)19-24(21,22)13-9(15)4-2-5-10(13)16/h2,4-5,11,19H,3,6-8H2,1H3. The molecular weight excluding hydrogens is 359 g/mol. The van der Waals surface area contributed by atoms with Crippen LogP contribution in [0.25, 0.3) is 0 Å². The van der Waals surface area contributed by atoms with Crippen LogP contribution in [0.3, 0.4) is 0 Å². The van der Waals surface area contributed by atoms with Gasteiger partial charge < -0.3 is 4.74 Å². The first-order valence-electron chi connectivity index (χ1n) is 7.31. The summed E-state index contributed by atoms with van der Waals surface area (Å²) in [5.41, 5.74) is 0. The van der Waals surface area contributed by atoms with E-state index >= 15 is 0 Å². The zero-order valence-corrected chi connectivity index (χ0v) is 14.4. The highest BCUT2D eigenvalue weighted by Gasteiger charge is 2.31. The molecule has 0 spiro atoms. The van der Waals surface area contributed by atoms with Crippen LogP contribution >= 0.6 is 11.6 Å². The maximum Gasteiger partial charge on any atom is 0.245 e. The van der Waals surface area contributed by atoms with Gasteiger partial charge in [0.15, 0.2) is 5.82 Å². The van der Waals surface area contributed by atoms with Crippen molar-refractivity contribution in [3.63, 3.8) is 0 Å². The van der Waals surface area contributed by atoms with Crippen LogP contribution in [0.5, 0.6) is 0 Å². The minimum Gasteiger partial charge on any atom is -0.377 e.